The summed E-state index contributed by atoms with van der Waals surface area (Å²) in [5, 5.41) is 2.45. The summed E-state index contributed by atoms with van der Waals surface area (Å²) in [6.45, 7) is 0.665. The van der Waals surface area contributed by atoms with Crippen LogP contribution in [-0.2, 0) is 14.8 Å². The molecule has 148 valence electrons. The van der Waals surface area contributed by atoms with Crippen molar-refractivity contribution in [2.24, 2.45) is 0 Å². The van der Waals surface area contributed by atoms with E-state index >= 15 is 0 Å². The van der Waals surface area contributed by atoms with Crippen LogP contribution in [0.15, 0.2) is 47.4 Å². The van der Waals surface area contributed by atoms with E-state index in [0.717, 1.165) is 12.1 Å². The Labute approximate surface area is 163 Å². The molecule has 2 aromatic rings. The summed E-state index contributed by atoms with van der Waals surface area (Å²) in [6, 6.07) is 10.7. The van der Waals surface area contributed by atoms with E-state index in [2.05, 4.69) is 10.0 Å². The number of hydrogen-bond donors (Lipinski definition) is 2. The molecule has 0 spiro atoms. The summed E-state index contributed by atoms with van der Waals surface area (Å²) >= 11 is 0. The van der Waals surface area contributed by atoms with Crippen molar-refractivity contribution in [2.45, 2.75) is 17.7 Å². The van der Waals surface area contributed by atoms with Crippen molar-refractivity contribution in [2.75, 3.05) is 30.3 Å². The average Bonchev–Trinajstić information content (AvgIpc) is 3.13. The number of rotatable bonds is 6. The van der Waals surface area contributed by atoms with E-state index in [1.165, 1.54) is 32.4 Å². The Balaban J connectivity index is 1.83. The molecule has 2 amide bonds. The Morgan fingerprint density at radius 1 is 1.14 bits per heavy atom. The maximum absolute atomic E-state index is 12.7. The second-order valence-corrected chi connectivity index (χ2v) is 7.92. The van der Waals surface area contributed by atoms with Crippen LogP contribution in [0.2, 0.25) is 0 Å². The van der Waals surface area contributed by atoms with E-state index in [4.69, 9.17) is 4.74 Å². The molecule has 3 rings (SSSR count). The predicted molar refractivity (Wildman–Crippen MR) is 105 cm³/mol. The highest BCUT2D eigenvalue weighted by Gasteiger charge is 2.22. The van der Waals surface area contributed by atoms with Gasteiger partial charge in [-0.3, -0.25) is 14.3 Å². The van der Waals surface area contributed by atoms with Crippen LogP contribution < -0.4 is 19.7 Å². The van der Waals surface area contributed by atoms with Crippen LogP contribution >= 0.6 is 0 Å². The lowest BCUT2D eigenvalue weighted by molar-refractivity contribution is -0.117. The van der Waals surface area contributed by atoms with E-state index in [1.54, 1.807) is 29.2 Å². The SMILES string of the molecule is CNC(=O)c1cc(S(=O)(=O)Nc2ccc(N3CCCC3=O)cc2)ccc1OC. The molecule has 2 aromatic carbocycles. The molecule has 0 aromatic heterocycles. The highest BCUT2D eigenvalue weighted by Crippen LogP contribution is 2.26. The molecule has 1 aliphatic rings. The summed E-state index contributed by atoms with van der Waals surface area (Å²) in [6.07, 6.45) is 1.35. The van der Waals surface area contributed by atoms with Gasteiger partial charge in [-0.05, 0) is 48.9 Å². The number of benzene rings is 2. The van der Waals surface area contributed by atoms with Crippen molar-refractivity contribution in [1.82, 2.24) is 5.32 Å². The molecule has 28 heavy (non-hydrogen) atoms. The third kappa shape index (κ3) is 3.94. The molecule has 8 nitrogen and oxygen atoms in total. The first-order valence-corrected chi connectivity index (χ1v) is 10.2. The summed E-state index contributed by atoms with van der Waals surface area (Å²) < 4.78 is 33.0. The first kappa shape index (κ1) is 19.7. The Morgan fingerprint density at radius 3 is 2.43 bits per heavy atom. The van der Waals surface area contributed by atoms with E-state index in [-0.39, 0.29) is 22.1 Å². The fraction of sp³-hybridized carbons (Fsp3) is 0.263. The zero-order chi connectivity index (χ0) is 20.3. The number of anilines is 2. The van der Waals surface area contributed by atoms with Crippen LogP contribution in [0.25, 0.3) is 0 Å². The van der Waals surface area contributed by atoms with Crippen LogP contribution in [0.5, 0.6) is 5.75 Å². The number of methoxy groups -OCH3 is 1. The van der Waals surface area contributed by atoms with Gasteiger partial charge in [0.15, 0.2) is 0 Å². The number of carbonyl (C=O) groups excluding carboxylic acids is 2. The fourth-order valence-electron chi connectivity index (χ4n) is 3.01. The summed E-state index contributed by atoms with van der Waals surface area (Å²) in [7, 11) is -1.06. The smallest absolute Gasteiger partial charge is 0.261 e. The maximum Gasteiger partial charge on any atom is 0.261 e. The Kier molecular flexibility index (Phi) is 5.55. The molecule has 0 unspecified atom stereocenters. The van der Waals surface area contributed by atoms with Gasteiger partial charge >= 0.3 is 0 Å². The largest absolute Gasteiger partial charge is 0.496 e. The van der Waals surface area contributed by atoms with Gasteiger partial charge in [0.2, 0.25) is 5.91 Å². The molecule has 1 heterocycles. The molecule has 0 saturated carbocycles. The van der Waals surface area contributed by atoms with Crippen LogP contribution in [-0.4, -0.2) is 40.9 Å². The van der Waals surface area contributed by atoms with Crippen molar-refractivity contribution in [3.8, 4) is 5.75 Å². The van der Waals surface area contributed by atoms with E-state index < -0.39 is 15.9 Å². The molecule has 1 fully saturated rings. The second-order valence-electron chi connectivity index (χ2n) is 6.24. The highest BCUT2D eigenvalue weighted by molar-refractivity contribution is 7.92. The van der Waals surface area contributed by atoms with Crippen LogP contribution in [0.3, 0.4) is 0 Å². The standard InChI is InChI=1S/C19H21N3O5S/c1-20-19(24)16-12-15(9-10-17(16)27-2)28(25,26)21-13-5-7-14(8-6-13)22-11-3-4-18(22)23/h5-10,12,21H,3-4,11H2,1-2H3,(H,20,24). The third-order valence-electron chi connectivity index (χ3n) is 4.46. The van der Waals surface area contributed by atoms with Gasteiger partial charge in [0.25, 0.3) is 15.9 Å². The molecule has 0 bridgehead atoms. The molecule has 1 saturated heterocycles. The van der Waals surface area contributed by atoms with Gasteiger partial charge in [0, 0.05) is 31.4 Å². The summed E-state index contributed by atoms with van der Waals surface area (Å²) in [5.74, 6) is -0.111. The second kappa shape index (κ2) is 7.89. The predicted octanol–water partition coefficient (Wildman–Crippen LogP) is 1.98. The average molecular weight is 403 g/mol. The van der Waals surface area contributed by atoms with Gasteiger partial charge in [0.1, 0.15) is 5.75 Å². The quantitative estimate of drug-likeness (QED) is 0.767. The Morgan fingerprint density at radius 2 is 1.86 bits per heavy atom. The van der Waals surface area contributed by atoms with Crippen LogP contribution in [0, 0.1) is 0 Å². The summed E-state index contributed by atoms with van der Waals surface area (Å²) in [4.78, 5) is 25.4. The fourth-order valence-corrected chi connectivity index (χ4v) is 4.10. The molecule has 0 aliphatic carbocycles. The lowest BCUT2D eigenvalue weighted by atomic mass is 10.2. The molecular weight excluding hydrogens is 382 g/mol. The topological polar surface area (TPSA) is 105 Å². The minimum Gasteiger partial charge on any atom is -0.496 e. The lowest BCUT2D eigenvalue weighted by Crippen LogP contribution is -2.23. The summed E-state index contributed by atoms with van der Waals surface area (Å²) in [5.41, 5.74) is 1.21. The number of ether oxygens (including phenoxy) is 1. The van der Waals surface area contributed by atoms with Gasteiger partial charge < -0.3 is 15.0 Å². The number of nitrogens with one attached hydrogen (secondary N) is 2. The normalized spacial score (nSPS) is 14.1. The molecule has 0 radical (unpaired) electrons. The van der Waals surface area contributed by atoms with Gasteiger partial charge in [0.05, 0.1) is 17.6 Å². The maximum atomic E-state index is 12.7. The number of sulfonamides is 1. The molecule has 1 aliphatic heterocycles. The minimum absolute atomic E-state index is 0.0632. The van der Waals surface area contributed by atoms with E-state index in [0.29, 0.717) is 18.7 Å². The lowest BCUT2D eigenvalue weighted by Gasteiger charge is -2.16. The van der Waals surface area contributed by atoms with E-state index in [9.17, 15) is 18.0 Å². The van der Waals surface area contributed by atoms with Gasteiger partial charge in [-0.25, -0.2) is 8.42 Å². The number of carbonyl (C=O) groups is 2. The van der Waals surface area contributed by atoms with Gasteiger partial charge in [-0.2, -0.15) is 0 Å². The van der Waals surface area contributed by atoms with Crippen LogP contribution in [0.1, 0.15) is 23.2 Å². The van der Waals surface area contributed by atoms with Gasteiger partial charge in [-0.15, -0.1) is 0 Å². The Hall–Kier alpha value is -3.07. The van der Waals surface area contributed by atoms with Crippen molar-refractivity contribution in [1.29, 1.82) is 0 Å². The first-order chi connectivity index (χ1) is 13.4. The monoisotopic (exact) mass is 403 g/mol. The Bertz CT molecular complexity index is 1000. The van der Waals surface area contributed by atoms with Crippen molar-refractivity contribution in [3.63, 3.8) is 0 Å². The van der Waals surface area contributed by atoms with Crippen LogP contribution in [0.4, 0.5) is 11.4 Å². The minimum atomic E-state index is -3.91. The third-order valence-corrected chi connectivity index (χ3v) is 5.84. The zero-order valence-corrected chi connectivity index (χ0v) is 16.4. The zero-order valence-electron chi connectivity index (χ0n) is 15.6. The number of nitrogens with zero attached hydrogens (tertiary/aromatic N) is 1. The molecular formula is C19H21N3O5S. The van der Waals surface area contributed by atoms with E-state index in [1.807, 2.05) is 0 Å². The molecule has 0 atom stereocenters. The van der Waals surface area contributed by atoms with Gasteiger partial charge in [-0.1, -0.05) is 0 Å². The number of hydrogen-bond acceptors (Lipinski definition) is 5. The number of amides is 2. The van der Waals surface area contributed by atoms with Crippen molar-refractivity contribution in [3.05, 3.63) is 48.0 Å². The van der Waals surface area contributed by atoms with Crippen molar-refractivity contribution >= 4 is 33.2 Å². The molecule has 2 N–H and O–H groups in total. The highest BCUT2D eigenvalue weighted by atomic mass is 32.2. The van der Waals surface area contributed by atoms with Crippen molar-refractivity contribution < 1.29 is 22.7 Å². The first-order valence-electron chi connectivity index (χ1n) is 8.69. The molecule has 9 heteroatoms.